The molecule has 0 aromatic heterocycles. The van der Waals surface area contributed by atoms with Crippen molar-refractivity contribution in [1.82, 2.24) is 0 Å². The van der Waals surface area contributed by atoms with Gasteiger partial charge in [0, 0.05) is 11.1 Å². The second kappa shape index (κ2) is 12.7. The molecule has 0 aliphatic rings. The molecule has 0 radical (unpaired) electrons. The fourth-order valence-corrected chi connectivity index (χ4v) is 4.57. The molecule has 208 valence electrons. The number of rotatable bonds is 11. The molecule has 0 bridgehead atoms. The highest BCUT2D eigenvalue weighted by molar-refractivity contribution is 6.09. The average molecular weight is 525 g/mol. The molecule has 2 unspecified atom stereocenters. The summed E-state index contributed by atoms with van der Waals surface area (Å²) in [6.07, 6.45) is 0.988. The third kappa shape index (κ3) is 9.09. The first-order chi connectivity index (χ1) is 17.5. The Morgan fingerprint density at radius 3 is 1.79 bits per heavy atom. The molecule has 6 heteroatoms. The van der Waals surface area contributed by atoms with Gasteiger partial charge in [-0.05, 0) is 53.4 Å². The molecular weight excluding hydrogens is 480 g/mol. The van der Waals surface area contributed by atoms with Crippen LogP contribution in [0.15, 0.2) is 54.6 Å². The van der Waals surface area contributed by atoms with Crippen LogP contribution in [0.25, 0.3) is 0 Å². The quantitative estimate of drug-likeness (QED) is 0.205. The topological polar surface area (TPSA) is 89.9 Å². The van der Waals surface area contributed by atoms with E-state index in [0.29, 0.717) is 29.7 Å². The maximum atomic E-state index is 13.5. The van der Waals surface area contributed by atoms with Gasteiger partial charge in [-0.15, -0.1) is 0 Å². The lowest BCUT2D eigenvalue weighted by Crippen LogP contribution is -2.42. The predicted molar refractivity (Wildman–Crippen MR) is 149 cm³/mol. The van der Waals surface area contributed by atoms with Crippen LogP contribution in [-0.2, 0) is 14.3 Å². The Labute approximate surface area is 227 Å². The number of esters is 2. The molecule has 6 nitrogen and oxygen atoms in total. The highest BCUT2D eigenvalue weighted by atomic mass is 16.5. The summed E-state index contributed by atoms with van der Waals surface area (Å²) in [4.78, 5) is 39.2. The van der Waals surface area contributed by atoms with Crippen molar-refractivity contribution < 1.29 is 29.0 Å². The second-order valence-electron chi connectivity index (χ2n) is 13.0. The third-order valence-electron chi connectivity index (χ3n) is 6.81. The zero-order valence-corrected chi connectivity index (χ0v) is 24.2. The summed E-state index contributed by atoms with van der Waals surface area (Å²) in [6.45, 7) is 15.8. The first-order valence-electron chi connectivity index (χ1n) is 13.2. The fraction of sp³-hybridized carbons (Fsp3) is 0.531. The van der Waals surface area contributed by atoms with Crippen LogP contribution < -0.4 is 4.74 Å². The van der Waals surface area contributed by atoms with E-state index >= 15 is 0 Å². The van der Waals surface area contributed by atoms with Crippen LogP contribution in [0.1, 0.15) is 84.2 Å². The molecule has 0 amide bonds. The molecule has 2 aromatic carbocycles. The lowest BCUT2D eigenvalue weighted by atomic mass is 9.64. The van der Waals surface area contributed by atoms with Gasteiger partial charge in [-0.1, -0.05) is 85.7 Å². The van der Waals surface area contributed by atoms with Gasteiger partial charge in [0.1, 0.15) is 12.4 Å². The van der Waals surface area contributed by atoms with Gasteiger partial charge in [0.05, 0.1) is 18.4 Å². The predicted octanol–water partition coefficient (Wildman–Crippen LogP) is 6.49. The summed E-state index contributed by atoms with van der Waals surface area (Å²) in [7, 11) is 0. The number of ketones is 1. The maximum absolute atomic E-state index is 13.5. The summed E-state index contributed by atoms with van der Waals surface area (Å²) in [5, 5.41) is 9.15. The Morgan fingerprint density at radius 2 is 1.29 bits per heavy atom. The zero-order valence-electron chi connectivity index (χ0n) is 24.2. The van der Waals surface area contributed by atoms with E-state index in [2.05, 4.69) is 20.8 Å². The minimum absolute atomic E-state index is 0.0525. The van der Waals surface area contributed by atoms with Crippen LogP contribution in [0.4, 0.5) is 0 Å². The minimum atomic E-state index is -0.581. The van der Waals surface area contributed by atoms with Gasteiger partial charge < -0.3 is 14.6 Å². The van der Waals surface area contributed by atoms with Crippen molar-refractivity contribution in [3.05, 3.63) is 65.7 Å². The Kier molecular flexibility index (Phi) is 10.4. The minimum Gasteiger partial charge on any atom is -0.463 e. The highest BCUT2D eigenvalue weighted by Crippen LogP contribution is 2.45. The van der Waals surface area contributed by atoms with Crippen LogP contribution in [0.3, 0.4) is 0 Å². The molecule has 0 fully saturated rings. The van der Waals surface area contributed by atoms with Crippen molar-refractivity contribution in [2.75, 3.05) is 13.2 Å². The Hall–Kier alpha value is -2.99. The summed E-state index contributed by atoms with van der Waals surface area (Å²) in [5.41, 5.74) is -0.0520. The van der Waals surface area contributed by atoms with Crippen molar-refractivity contribution in [2.24, 2.45) is 28.1 Å². The van der Waals surface area contributed by atoms with Gasteiger partial charge in [-0.3, -0.25) is 14.4 Å². The molecule has 2 aromatic rings. The monoisotopic (exact) mass is 524 g/mol. The number of hydrogen-bond donors (Lipinski definition) is 1. The zero-order chi connectivity index (χ0) is 28.7. The fourth-order valence-electron chi connectivity index (χ4n) is 4.57. The van der Waals surface area contributed by atoms with Gasteiger partial charge in [-0.2, -0.15) is 0 Å². The van der Waals surface area contributed by atoms with Crippen LogP contribution in [0, 0.1) is 28.1 Å². The highest BCUT2D eigenvalue weighted by Gasteiger charge is 2.44. The van der Waals surface area contributed by atoms with E-state index in [1.807, 2.05) is 52.8 Å². The lowest BCUT2D eigenvalue weighted by molar-refractivity contribution is -0.158. The lowest BCUT2D eigenvalue weighted by Gasteiger charge is -2.41. The molecule has 2 atom stereocenters. The smallest absolute Gasteiger partial charge is 0.314 e. The van der Waals surface area contributed by atoms with Gasteiger partial charge >= 0.3 is 11.9 Å². The van der Waals surface area contributed by atoms with Crippen molar-refractivity contribution in [1.29, 1.82) is 0 Å². The molecule has 1 N–H and O–H groups in total. The van der Waals surface area contributed by atoms with Crippen LogP contribution in [0.5, 0.6) is 5.75 Å². The largest absolute Gasteiger partial charge is 0.463 e. The SMILES string of the molecule is CC(C)(C)CC(C(=O)OCCO)C(C)(C)CC(C(=O)Oc1ccc(C(=O)c2ccccc2)cc1)C(C)(C)C. The van der Waals surface area contributed by atoms with E-state index in [1.165, 1.54) is 0 Å². The molecule has 38 heavy (non-hydrogen) atoms. The number of hydrogen-bond acceptors (Lipinski definition) is 6. The van der Waals surface area contributed by atoms with E-state index in [4.69, 9.17) is 14.6 Å². The van der Waals surface area contributed by atoms with Crippen molar-refractivity contribution in [3.8, 4) is 5.75 Å². The summed E-state index contributed by atoms with van der Waals surface area (Å²) in [5.74, 6) is -1.45. The Bertz CT molecular complexity index is 1070. The molecule has 0 heterocycles. The molecular formula is C32H44O6. The van der Waals surface area contributed by atoms with E-state index in [9.17, 15) is 14.4 Å². The number of aliphatic hydroxyl groups excluding tert-OH is 1. The average Bonchev–Trinajstić information content (AvgIpc) is 2.83. The Morgan fingerprint density at radius 1 is 0.737 bits per heavy atom. The molecule has 0 spiro atoms. The van der Waals surface area contributed by atoms with E-state index in [1.54, 1.807) is 36.4 Å². The third-order valence-corrected chi connectivity index (χ3v) is 6.81. The normalized spacial score (nSPS) is 13.9. The molecule has 2 rings (SSSR count). The van der Waals surface area contributed by atoms with E-state index in [0.717, 1.165) is 0 Å². The van der Waals surface area contributed by atoms with E-state index < -0.39 is 22.7 Å². The second-order valence-corrected chi connectivity index (χ2v) is 13.0. The number of benzene rings is 2. The standard InChI is InChI=1S/C32H44O6/c1-30(2,3)20-26(28(35)37-19-18-33)32(7,8)21-25(31(4,5)6)29(36)38-24-16-14-23(15-17-24)27(34)22-12-10-9-11-13-22/h9-17,25-26,33H,18-21H2,1-8H3. The summed E-state index contributed by atoms with van der Waals surface area (Å²) < 4.78 is 11.1. The number of ether oxygens (including phenoxy) is 2. The van der Waals surface area contributed by atoms with Gasteiger partial charge in [0.2, 0.25) is 0 Å². The first-order valence-corrected chi connectivity index (χ1v) is 13.2. The summed E-state index contributed by atoms with van der Waals surface area (Å²) in [6, 6.07) is 15.6. The van der Waals surface area contributed by atoms with Gasteiger partial charge in [-0.25, -0.2) is 0 Å². The maximum Gasteiger partial charge on any atom is 0.314 e. The molecule has 0 aliphatic heterocycles. The molecule has 0 saturated heterocycles. The van der Waals surface area contributed by atoms with Crippen LogP contribution >= 0.6 is 0 Å². The summed E-state index contributed by atoms with van der Waals surface area (Å²) >= 11 is 0. The number of aliphatic hydroxyl groups is 1. The van der Waals surface area contributed by atoms with Crippen molar-refractivity contribution in [2.45, 2.75) is 68.2 Å². The first kappa shape index (κ1) is 31.2. The molecule has 0 saturated carbocycles. The molecule has 0 aliphatic carbocycles. The number of carbonyl (C=O) groups excluding carboxylic acids is 3. The van der Waals surface area contributed by atoms with Crippen molar-refractivity contribution >= 4 is 17.7 Å². The van der Waals surface area contributed by atoms with Gasteiger partial charge in [0.25, 0.3) is 0 Å². The van der Waals surface area contributed by atoms with Crippen molar-refractivity contribution in [3.63, 3.8) is 0 Å². The van der Waals surface area contributed by atoms with Crippen LogP contribution in [0.2, 0.25) is 0 Å². The van der Waals surface area contributed by atoms with Gasteiger partial charge in [0.15, 0.2) is 5.78 Å². The number of carbonyl (C=O) groups is 3. The van der Waals surface area contributed by atoms with E-state index in [-0.39, 0.29) is 36.4 Å². The Balaban J connectivity index is 2.24. The van der Waals surface area contributed by atoms with Crippen LogP contribution in [-0.4, -0.2) is 36.0 Å².